The highest BCUT2D eigenvalue weighted by atomic mass is 16.6. The van der Waals surface area contributed by atoms with Gasteiger partial charge in [-0.15, -0.1) is 0 Å². The first-order valence-corrected chi connectivity index (χ1v) is 11.2. The standard InChI is InChI=1S/C26H30N2O5/c1-3-5-7-11-20(10-4-2)26(31)33-25(30)19-18-24(29)32-23-16-14-22(15-17-23)28-27-21-12-8-6-9-13-21/h6,8-9,12-20H,3-5,7,10-11H2,1-2H3/b19-18+,28-27?. The molecule has 0 radical (unpaired) electrons. The lowest BCUT2D eigenvalue weighted by Gasteiger charge is -2.13. The Hall–Kier alpha value is -3.61. The number of hydrogen-bond acceptors (Lipinski definition) is 7. The summed E-state index contributed by atoms with van der Waals surface area (Å²) in [7, 11) is 0. The minimum absolute atomic E-state index is 0.284. The van der Waals surface area contributed by atoms with Crippen molar-refractivity contribution >= 4 is 29.3 Å². The summed E-state index contributed by atoms with van der Waals surface area (Å²) >= 11 is 0. The quantitative estimate of drug-likeness (QED) is 0.0903. The van der Waals surface area contributed by atoms with Gasteiger partial charge in [0, 0.05) is 12.2 Å². The number of nitrogens with zero attached hydrogens (tertiary/aromatic N) is 2. The van der Waals surface area contributed by atoms with Gasteiger partial charge < -0.3 is 9.47 Å². The third-order valence-corrected chi connectivity index (χ3v) is 4.78. The Balaban J connectivity index is 1.82. The molecule has 33 heavy (non-hydrogen) atoms. The van der Waals surface area contributed by atoms with E-state index in [4.69, 9.17) is 9.47 Å². The van der Waals surface area contributed by atoms with E-state index in [2.05, 4.69) is 17.2 Å². The van der Waals surface area contributed by atoms with Gasteiger partial charge in [-0.05, 0) is 49.2 Å². The molecule has 2 rings (SSSR count). The van der Waals surface area contributed by atoms with Crippen LogP contribution in [0.4, 0.5) is 11.4 Å². The fourth-order valence-electron chi connectivity index (χ4n) is 3.06. The molecule has 7 nitrogen and oxygen atoms in total. The van der Waals surface area contributed by atoms with E-state index in [1.807, 2.05) is 37.3 Å². The van der Waals surface area contributed by atoms with Crippen molar-refractivity contribution in [3.8, 4) is 5.75 Å². The van der Waals surface area contributed by atoms with Crippen molar-refractivity contribution in [1.29, 1.82) is 0 Å². The fourth-order valence-corrected chi connectivity index (χ4v) is 3.06. The number of ether oxygens (including phenoxy) is 2. The predicted molar refractivity (Wildman–Crippen MR) is 125 cm³/mol. The van der Waals surface area contributed by atoms with Crippen molar-refractivity contribution in [1.82, 2.24) is 0 Å². The topological polar surface area (TPSA) is 94.4 Å². The summed E-state index contributed by atoms with van der Waals surface area (Å²) in [6.07, 6.45) is 7.03. The van der Waals surface area contributed by atoms with Gasteiger partial charge in [0.25, 0.3) is 0 Å². The molecule has 1 unspecified atom stereocenters. The molecule has 0 aliphatic carbocycles. The van der Waals surface area contributed by atoms with Crippen LogP contribution in [0.2, 0.25) is 0 Å². The number of benzene rings is 2. The Labute approximate surface area is 194 Å². The Morgan fingerprint density at radius 2 is 1.42 bits per heavy atom. The summed E-state index contributed by atoms with van der Waals surface area (Å²) < 4.78 is 10.0. The van der Waals surface area contributed by atoms with Gasteiger partial charge in [-0.1, -0.05) is 57.7 Å². The Bertz CT molecular complexity index is 952. The molecule has 1 atom stereocenters. The molecule has 2 aromatic carbocycles. The lowest BCUT2D eigenvalue weighted by atomic mass is 9.97. The van der Waals surface area contributed by atoms with E-state index in [0.29, 0.717) is 18.5 Å². The highest BCUT2D eigenvalue weighted by Gasteiger charge is 2.21. The van der Waals surface area contributed by atoms with Crippen LogP contribution in [0.5, 0.6) is 5.75 Å². The first-order chi connectivity index (χ1) is 16.0. The molecule has 2 aromatic rings. The maximum Gasteiger partial charge on any atom is 0.338 e. The smallest absolute Gasteiger partial charge is 0.338 e. The third kappa shape index (κ3) is 10.0. The molecule has 0 fully saturated rings. The van der Waals surface area contributed by atoms with Crippen molar-refractivity contribution in [2.45, 2.75) is 52.4 Å². The molecular formula is C26H30N2O5. The Morgan fingerprint density at radius 1 is 0.788 bits per heavy atom. The van der Waals surface area contributed by atoms with Gasteiger partial charge in [0.2, 0.25) is 0 Å². The van der Waals surface area contributed by atoms with Crippen LogP contribution in [-0.2, 0) is 19.1 Å². The van der Waals surface area contributed by atoms with Crippen LogP contribution in [-0.4, -0.2) is 17.9 Å². The summed E-state index contributed by atoms with van der Waals surface area (Å²) in [5.41, 5.74) is 1.32. The molecule has 0 aliphatic heterocycles. The van der Waals surface area contributed by atoms with E-state index in [1.54, 1.807) is 24.3 Å². The van der Waals surface area contributed by atoms with Crippen LogP contribution >= 0.6 is 0 Å². The number of hydrogen-bond donors (Lipinski definition) is 0. The van der Waals surface area contributed by atoms with Crippen LogP contribution in [0.3, 0.4) is 0 Å². The molecule has 0 bridgehead atoms. The highest BCUT2D eigenvalue weighted by molar-refractivity contribution is 5.97. The minimum atomic E-state index is -0.884. The van der Waals surface area contributed by atoms with Gasteiger partial charge in [0.15, 0.2) is 0 Å². The molecular weight excluding hydrogens is 420 g/mol. The third-order valence-electron chi connectivity index (χ3n) is 4.78. The van der Waals surface area contributed by atoms with Crippen molar-refractivity contribution in [3.63, 3.8) is 0 Å². The Kier molecular flexibility index (Phi) is 11.2. The van der Waals surface area contributed by atoms with Crippen molar-refractivity contribution < 1.29 is 23.9 Å². The van der Waals surface area contributed by atoms with Crippen molar-refractivity contribution in [2.24, 2.45) is 16.1 Å². The molecule has 0 N–H and O–H groups in total. The molecule has 0 spiro atoms. The Morgan fingerprint density at radius 3 is 2.06 bits per heavy atom. The van der Waals surface area contributed by atoms with E-state index >= 15 is 0 Å². The van der Waals surface area contributed by atoms with E-state index in [0.717, 1.165) is 43.5 Å². The van der Waals surface area contributed by atoms with E-state index in [1.165, 1.54) is 0 Å². The summed E-state index contributed by atoms with van der Waals surface area (Å²) in [6.45, 7) is 4.07. The van der Waals surface area contributed by atoms with Crippen LogP contribution in [0.1, 0.15) is 52.4 Å². The molecule has 0 amide bonds. The van der Waals surface area contributed by atoms with Gasteiger partial charge >= 0.3 is 17.9 Å². The molecule has 7 heteroatoms. The van der Waals surface area contributed by atoms with Crippen LogP contribution in [0.25, 0.3) is 0 Å². The van der Waals surface area contributed by atoms with Crippen molar-refractivity contribution in [3.05, 3.63) is 66.7 Å². The summed E-state index contributed by atoms with van der Waals surface area (Å²) in [5, 5.41) is 8.22. The number of unbranched alkanes of at least 4 members (excludes halogenated alkanes) is 2. The van der Waals surface area contributed by atoms with Gasteiger partial charge in [0.05, 0.1) is 17.3 Å². The second-order valence-corrected chi connectivity index (χ2v) is 7.51. The normalized spacial score (nSPS) is 12.1. The van der Waals surface area contributed by atoms with Crippen LogP contribution < -0.4 is 4.74 Å². The largest absolute Gasteiger partial charge is 0.423 e. The van der Waals surface area contributed by atoms with Gasteiger partial charge in [-0.3, -0.25) is 4.79 Å². The monoisotopic (exact) mass is 450 g/mol. The average molecular weight is 451 g/mol. The minimum Gasteiger partial charge on any atom is -0.423 e. The van der Waals surface area contributed by atoms with Gasteiger partial charge in [0.1, 0.15) is 5.75 Å². The second-order valence-electron chi connectivity index (χ2n) is 7.51. The van der Waals surface area contributed by atoms with Gasteiger partial charge in [-0.2, -0.15) is 10.2 Å². The van der Waals surface area contributed by atoms with E-state index in [9.17, 15) is 14.4 Å². The average Bonchev–Trinajstić information content (AvgIpc) is 2.82. The van der Waals surface area contributed by atoms with Crippen LogP contribution in [0, 0.1) is 5.92 Å². The molecule has 0 saturated heterocycles. The molecule has 174 valence electrons. The number of carbonyl (C=O) groups is 3. The van der Waals surface area contributed by atoms with E-state index < -0.39 is 17.9 Å². The fraction of sp³-hybridized carbons (Fsp3) is 0.346. The lowest BCUT2D eigenvalue weighted by molar-refractivity contribution is -0.160. The zero-order valence-electron chi connectivity index (χ0n) is 19.1. The first kappa shape index (κ1) is 25.6. The maximum absolute atomic E-state index is 12.2. The number of azo groups is 1. The zero-order valence-corrected chi connectivity index (χ0v) is 19.1. The maximum atomic E-state index is 12.2. The summed E-state index contributed by atoms with van der Waals surface area (Å²) in [4.78, 5) is 36.1. The molecule has 0 heterocycles. The number of esters is 3. The second kappa shape index (κ2) is 14.5. The summed E-state index contributed by atoms with van der Waals surface area (Å²) in [5.74, 6) is -2.21. The summed E-state index contributed by atoms with van der Waals surface area (Å²) in [6, 6.07) is 15.7. The number of carbonyl (C=O) groups excluding carboxylic acids is 3. The number of rotatable bonds is 12. The SMILES string of the molecule is CCCCCC(CCC)C(=O)OC(=O)/C=C/C(=O)Oc1ccc(N=Nc2ccccc2)cc1. The molecule has 0 aliphatic rings. The predicted octanol–water partition coefficient (Wildman–Crippen LogP) is 6.63. The molecule has 0 aromatic heterocycles. The zero-order chi connectivity index (χ0) is 23.9. The van der Waals surface area contributed by atoms with E-state index in [-0.39, 0.29) is 11.7 Å². The van der Waals surface area contributed by atoms with Gasteiger partial charge in [-0.25, -0.2) is 9.59 Å². The van der Waals surface area contributed by atoms with Crippen molar-refractivity contribution in [2.75, 3.05) is 0 Å². The highest BCUT2D eigenvalue weighted by Crippen LogP contribution is 2.21. The first-order valence-electron chi connectivity index (χ1n) is 11.2. The molecule has 0 saturated carbocycles. The lowest BCUT2D eigenvalue weighted by Crippen LogP contribution is -2.20. The van der Waals surface area contributed by atoms with Crippen LogP contribution in [0.15, 0.2) is 77.0 Å².